The molecule has 82 valence electrons. The molecule has 0 fully saturated rings. The molecule has 1 heterocycles. The minimum absolute atomic E-state index is 0.214. The van der Waals surface area contributed by atoms with Gasteiger partial charge in [0.15, 0.2) is 0 Å². The van der Waals surface area contributed by atoms with Gasteiger partial charge in [-0.2, -0.15) is 0 Å². The third kappa shape index (κ3) is 2.00. The van der Waals surface area contributed by atoms with Crippen molar-refractivity contribution in [3.05, 3.63) is 41.8 Å². The number of halogens is 1. The maximum Gasteiger partial charge on any atom is 0.269 e. The van der Waals surface area contributed by atoms with Gasteiger partial charge in [0, 0.05) is 11.9 Å². The van der Waals surface area contributed by atoms with Crippen LogP contribution in [0.3, 0.4) is 0 Å². The quantitative estimate of drug-likeness (QED) is 0.838. The Kier molecular flexibility index (Phi) is 2.81. The van der Waals surface area contributed by atoms with Gasteiger partial charge in [-0.05, 0) is 31.2 Å². The molecule has 16 heavy (non-hydrogen) atoms. The molecular weight excluding hydrogens is 207 g/mol. The second kappa shape index (κ2) is 4.26. The van der Waals surface area contributed by atoms with Gasteiger partial charge in [0.2, 0.25) is 0 Å². The van der Waals surface area contributed by atoms with Gasteiger partial charge in [0.05, 0.1) is 5.52 Å². The summed E-state index contributed by atoms with van der Waals surface area (Å²) in [6.45, 7) is 2.40. The Morgan fingerprint density at radius 1 is 1.38 bits per heavy atom. The zero-order valence-corrected chi connectivity index (χ0v) is 8.83. The Morgan fingerprint density at radius 2 is 2.19 bits per heavy atom. The van der Waals surface area contributed by atoms with Gasteiger partial charge in [0.1, 0.15) is 11.5 Å². The molecule has 0 aliphatic carbocycles. The Bertz CT molecular complexity index is 540. The van der Waals surface area contributed by atoms with Crippen molar-refractivity contribution in [1.82, 2.24) is 10.3 Å². The molecule has 1 aromatic carbocycles. The number of amides is 1. The van der Waals surface area contributed by atoms with Crippen LogP contribution in [0.15, 0.2) is 30.3 Å². The summed E-state index contributed by atoms with van der Waals surface area (Å²) in [4.78, 5) is 15.7. The highest BCUT2D eigenvalue weighted by Crippen LogP contribution is 2.13. The molecule has 2 rings (SSSR count). The predicted octanol–water partition coefficient (Wildman–Crippen LogP) is 2.12. The average molecular weight is 218 g/mol. The first-order valence-electron chi connectivity index (χ1n) is 5.05. The highest BCUT2D eigenvalue weighted by molar-refractivity contribution is 5.94. The highest BCUT2D eigenvalue weighted by Gasteiger charge is 2.06. The molecule has 0 atom stereocenters. The SMILES string of the molecule is CCNC(=O)c1ccc2cc(F)ccc2n1. The molecule has 0 bridgehead atoms. The lowest BCUT2D eigenvalue weighted by Crippen LogP contribution is -2.23. The van der Waals surface area contributed by atoms with Crippen molar-refractivity contribution in [3.63, 3.8) is 0 Å². The first kappa shape index (κ1) is 10.5. The summed E-state index contributed by atoms with van der Waals surface area (Å²) >= 11 is 0. The van der Waals surface area contributed by atoms with E-state index in [9.17, 15) is 9.18 Å². The minimum atomic E-state index is -0.306. The Balaban J connectivity index is 2.44. The summed E-state index contributed by atoms with van der Waals surface area (Å²) in [6, 6.07) is 7.57. The monoisotopic (exact) mass is 218 g/mol. The summed E-state index contributed by atoms with van der Waals surface area (Å²) in [5.41, 5.74) is 0.964. The van der Waals surface area contributed by atoms with E-state index >= 15 is 0 Å². The van der Waals surface area contributed by atoms with Crippen LogP contribution >= 0.6 is 0 Å². The molecule has 0 aliphatic rings. The molecule has 0 radical (unpaired) electrons. The topological polar surface area (TPSA) is 42.0 Å². The molecule has 3 nitrogen and oxygen atoms in total. The molecule has 0 unspecified atom stereocenters. The molecule has 0 saturated heterocycles. The number of carbonyl (C=O) groups is 1. The molecule has 0 aliphatic heterocycles. The van der Waals surface area contributed by atoms with E-state index in [1.54, 1.807) is 18.2 Å². The van der Waals surface area contributed by atoms with Crippen molar-refractivity contribution in [2.24, 2.45) is 0 Å². The van der Waals surface area contributed by atoms with E-state index in [0.29, 0.717) is 23.1 Å². The minimum Gasteiger partial charge on any atom is -0.351 e. The van der Waals surface area contributed by atoms with E-state index in [2.05, 4.69) is 10.3 Å². The highest BCUT2D eigenvalue weighted by atomic mass is 19.1. The molecule has 4 heteroatoms. The summed E-state index contributed by atoms with van der Waals surface area (Å²) in [5, 5.41) is 3.35. The molecule has 0 spiro atoms. The summed E-state index contributed by atoms with van der Waals surface area (Å²) in [7, 11) is 0. The maximum absolute atomic E-state index is 12.9. The summed E-state index contributed by atoms with van der Waals surface area (Å²) < 4.78 is 12.9. The van der Waals surface area contributed by atoms with E-state index < -0.39 is 0 Å². The molecule has 1 aromatic heterocycles. The number of benzene rings is 1. The van der Waals surface area contributed by atoms with E-state index in [-0.39, 0.29) is 11.7 Å². The number of carbonyl (C=O) groups excluding carboxylic acids is 1. The second-order valence-corrected chi connectivity index (χ2v) is 3.39. The van der Waals surface area contributed by atoms with Gasteiger partial charge in [-0.3, -0.25) is 4.79 Å². The van der Waals surface area contributed by atoms with Crippen LogP contribution in [-0.4, -0.2) is 17.4 Å². The van der Waals surface area contributed by atoms with Crippen LogP contribution in [0, 0.1) is 5.82 Å². The third-order valence-electron chi connectivity index (χ3n) is 2.22. The van der Waals surface area contributed by atoms with Crippen LogP contribution in [0.4, 0.5) is 4.39 Å². The maximum atomic E-state index is 12.9. The standard InChI is InChI=1S/C12H11FN2O/c1-2-14-12(16)11-5-3-8-7-9(13)4-6-10(8)15-11/h3-7H,2H2,1H3,(H,14,16). The molecule has 0 saturated carbocycles. The van der Waals surface area contributed by atoms with Gasteiger partial charge in [-0.15, -0.1) is 0 Å². The van der Waals surface area contributed by atoms with Crippen LogP contribution in [0.5, 0.6) is 0 Å². The van der Waals surface area contributed by atoms with E-state index in [1.165, 1.54) is 12.1 Å². The smallest absolute Gasteiger partial charge is 0.269 e. The fraction of sp³-hybridized carbons (Fsp3) is 0.167. The first-order valence-corrected chi connectivity index (χ1v) is 5.05. The Hall–Kier alpha value is -1.97. The molecule has 1 N–H and O–H groups in total. The van der Waals surface area contributed by atoms with Gasteiger partial charge in [-0.25, -0.2) is 9.37 Å². The number of hydrogen-bond donors (Lipinski definition) is 1. The Morgan fingerprint density at radius 3 is 2.94 bits per heavy atom. The normalized spacial score (nSPS) is 10.4. The van der Waals surface area contributed by atoms with Crippen LogP contribution in [0.2, 0.25) is 0 Å². The summed E-state index contributed by atoms with van der Waals surface area (Å²) in [6.07, 6.45) is 0. The lowest BCUT2D eigenvalue weighted by Gasteiger charge is -2.03. The fourth-order valence-electron chi connectivity index (χ4n) is 1.47. The van der Waals surface area contributed by atoms with Gasteiger partial charge < -0.3 is 5.32 Å². The van der Waals surface area contributed by atoms with Crippen LogP contribution in [0.1, 0.15) is 17.4 Å². The molecule has 2 aromatic rings. The first-order chi connectivity index (χ1) is 7.70. The van der Waals surface area contributed by atoms with Crippen LogP contribution < -0.4 is 5.32 Å². The van der Waals surface area contributed by atoms with Crippen molar-refractivity contribution in [2.75, 3.05) is 6.54 Å². The Labute approximate surface area is 92.3 Å². The number of rotatable bonds is 2. The van der Waals surface area contributed by atoms with Crippen molar-refractivity contribution < 1.29 is 9.18 Å². The number of nitrogens with one attached hydrogen (secondary N) is 1. The van der Waals surface area contributed by atoms with Gasteiger partial charge >= 0.3 is 0 Å². The van der Waals surface area contributed by atoms with Crippen LogP contribution in [0.25, 0.3) is 10.9 Å². The lowest BCUT2D eigenvalue weighted by atomic mass is 10.2. The number of nitrogens with zero attached hydrogens (tertiary/aromatic N) is 1. The second-order valence-electron chi connectivity index (χ2n) is 3.39. The predicted molar refractivity (Wildman–Crippen MR) is 59.7 cm³/mol. The number of aromatic nitrogens is 1. The average Bonchev–Trinajstić information content (AvgIpc) is 2.28. The van der Waals surface area contributed by atoms with Crippen molar-refractivity contribution >= 4 is 16.8 Å². The fourth-order valence-corrected chi connectivity index (χ4v) is 1.47. The van der Waals surface area contributed by atoms with E-state index in [4.69, 9.17) is 0 Å². The molecule has 1 amide bonds. The largest absolute Gasteiger partial charge is 0.351 e. The van der Waals surface area contributed by atoms with Crippen molar-refractivity contribution in [1.29, 1.82) is 0 Å². The lowest BCUT2D eigenvalue weighted by molar-refractivity contribution is 0.0951. The number of pyridine rings is 1. The number of fused-ring (bicyclic) bond motifs is 1. The van der Waals surface area contributed by atoms with Crippen LogP contribution in [-0.2, 0) is 0 Å². The van der Waals surface area contributed by atoms with Gasteiger partial charge in [0.25, 0.3) is 5.91 Å². The third-order valence-corrected chi connectivity index (χ3v) is 2.22. The van der Waals surface area contributed by atoms with E-state index in [0.717, 1.165) is 0 Å². The van der Waals surface area contributed by atoms with Crippen molar-refractivity contribution in [3.8, 4) is 0 Å². The van der Waals surface area contributed by atoms with Crippen molar-refractivity contribution in [2.45, 2.75) is 6.92 Å². The zero-order valence-electron chi connectivity index (χ0n) is 8.83. The zero-order chi connectivity index (χ0) is 11.5. The summed E-state index contributed by atoms with van der Waals surface area (Å²) in [5.74, 6) is -0.520. The molecular formula is C12H11FN2O. The number of hydrogen-bond acceptors (Lipinski definition) is 2. The van der Waals surface area contributed by atoms with E-state index in [1.807, 2.05) is 6.92 Å². The van der Waals surface area contributed by atoms with Gasteiger partial charge in [-0.1, -0.05) is 6.07 Å².